The number of carbonyl (C=O) groups excluding carboxylic acids is 2. The standard InChI is InChI=1S/C16H19N3O4/c1-22-14-7-3-2-6-13(14)17-11-16(21)19-18-15(20)9-8-12-5-4-10-23-12/h2-7,10,17H,8-9,11H2,1H3,(H,18,20)(H,19,21). The van der Waals surface area contributed by atoms with Gasteiger partial charge < -0.3 is 14.5 Å². The van der Waals surface area contributed by atoms with Crippen LogP contribution in [-0.2, 0) is 16.0 Å². The molecule has 1 aromatic heterocycles. The quantitative estimate of drug-likeness (QED) is 0.673. The van der Waals surface area contributed by atoms with E-state index in [9.17, 15) is 9.59 Å². The molecule has 0 spiro atoms. The number of hydrazine groups is 1. The summed E-state index contributed by atoms with van der Waals surface area (Å²) in [4.78, 5) is 23.3. The molecule has 0 saturated heterocycles. The van der Waals surface area contributed by atoms with Crippen LogP contribution in [0.25, 0.3) is 0 Å². The molecule has 2 amide bonds. The summed E-state index contributed by atoms with van der Waals surface area (Å²) in [6.45, 7) is 0.0127. The normalized spacial score (nSPS) is 9.96. The van der Waals surface area contributed by atoms with Crippen molar-refractivity contribution in [3.63, 3.8) is 0 Å². The molecule has 2 rings (SSSR count). The van der Waals surface area contributed by atoms with E-state index in [0.717, 1.165) is 5.76 Å². The third-order valence-corrected chi connectivity index (χ3v) is 3.07. The van der Waals surface area contributed by atoms with Gasteiger partial charge in [0, 0.05) is 12.8 Å². The molecule has 3 N–H and O–H groups in total. The second-order valence-electron chi connectivity index (χ2n) is 4.73. The van der Waals surface area contributed by atoms with Crippen molar-refractivity contribution in [3.05, 3.63) is 48.4 Å². The fourth-order valence-corrected chi connectivity index (χ4v) is 1.90. The minimum Gasteiger partial charge on any atom is -0.495 e. The van der Waals surface area contributed by atoms with Gasteiger partial charge in [-0.3, -0.25) is 20.4 Å². The molecule has 0 atom stereocenters. The number of hydrogen-bond donors (Lipinski definition) is 3. The van der Waals surface area contributed by atoms with Crippen molar-refractivity contribution < 1.29 is 18.7 Å². The lowest BCUT2D eigenvalue weighted by Gasteiger charge is -2.11. The van der Waals surface area contributed by atoms with Crippen molar-refractivity contribution in [2.75, 3.05) is 19.0 Å². The maximum absolute atomic E-state index is 11.7. The van der Waals surface area contributed by atoms with Crippen LogP contribution < -0.4 is 20.9 Å². The number of amides is 2. The first-order chi connectivity index (χ1) is 11.2. The Morgan fingerprint density at radius 1 is 1.09 bits per heavy atom. The monoisotopic (exact) mass is 317 g/mol. The Bertz CT molecular complexity index is 641. The Balaban J connectivity index is 1.67. The molecule has 1 heterocycles. The Morgan fingerprint density at radius 2 is 1.87 bits per heavy atom. The van der Waals surface area contributed by atoms with Gasteiger partial charge in [-0.25, -0.2) is 0 Å². The van der Waals surface area contributed by atoms with Gasteiger partial charge in [-0.05, 0) is 24.3 Å². The summed E-state index contributed by atoms with van der Waals surface area (Å²) < 4.78 is 10.3. The van der Waals surface area contributed by atoms with Gasteiger partial charge in [0.05, 0.1) is 25.6 Å². The molecule has 0 radical (unpaired) electrons. The highest BCUT2D eigenvalue weighted by Crippen LogP contribution is 2.22. The lowest BCUT2D eigenvalue weighted by molar-refractivity contribution is -0.128. The number of furan rings is 1. The first-order valence-electron chi connectivity index (χ1n) is 7.16. The summed E-state index contributed by atoms with van der Waals surface area (Å²) in [7, 11) is 1.56. The van der Waals surface area contributed by atoms with Gasteiger partial charge in [-0.2, -0.15) is 0 Å². The Hall–Kier alpha value is -2.96. The molecule has 7 heteroatoms. The van der Waals surface area contributed by atoms with E-state index in [-0.39, 0.29) is 24.8 Å². The molecule has 2 aromatic rings. The number of hydrogen-bond acceptors (Lipinski definition) is 5. The van der Waals surface area contributed by atoms with Crippen molar-refractivity contribution in [1.82, 2.24) is 10.9 Å². The van der Waals surface area contributed by atoms with Gasteiger partial charge >= 0.3 is 0 Å². The average molecular weight is 317 g/mol. The first kappa shape index (κ1) is 16.4. The SMILES string of the molecule is COc1ccccc1NCC(=O)NNC(=O)CCc1ccco1. The number of para-hydroxylation sites is 2. The molecule has 0 aliphatic heterocycles. The van der Waals surface area contributed by atoms with Gasteiger partial charge in [0.2, 0.25) is 5.91 Å². The summed E-state index contributed by atoms with van der Waals surface area (Å²) in [6.07, 6.45) is 2.26. The van der Waals surface area contributed by atoms with Crippen molar-refractivity contribution in [1.29, 1.82) is 0 Å². The maximum atomic E-state index is 11.7. The number of anilines is 1. The van der Waals surface area contributed by atoms with Gasteiger partial charge in [0.1, 0.15) is 11.5 Å². The third-order valence-electron chi connectivity index (χ3n) is 3.07. The van der Waals surface area contributed by atoms with Crippen molar-refractivity contribution >= 4 is 17.5 Å². The molecule has 1 aromatic carbocycles. The van der Waals surface area contributed by atoms with Crippen LogP contribution >= 0.6 is 0 Å². The highest BCUT2D eigenvalue weighted by Gasteiger charge is 2.07. The minimum absolute atomic E-state index is 0.0127. The Morgan fingerprint density at radius 3 is 2.61 bits per heavy atom. The highest BCUT2D eigenvalue weighted by atomic mass is 16.5. The van der Waals surface area contributed by atoms with Crippen LogP contribution in [0.5, 0.6) is 5.75 Å². The average Bonchev–Trinajstić information content (AvgIpc) is 3.10. The number of nitrogens with one attached hydrogen (secondary N) is 3. The predicted molar refractivity (Wildman–Crippen MR) is 84.8 cm³/mol. The lowest BCUT2D eigenvalue weighted by atomic mass is 10.2. The number of benzene rings is 1. The fraction of sp³-hybridized carbons (Fsp3) is 0.250. The molecule has 0 aliphatic rings. The molecule has 122 valence electrons. The van der Waals surface area contributed by atoms with Crippen LogP contribution in [-0.4, -0.2) is 25.5 Å². The molecule has 0 unspecified atom stereocenters. The van der Waals surface area contributed by atoms with Crippen molar-refractivity contribution in [2.45, 2.75) is 12.8 Å². The van der Waals surface area contributed by atoms with Crippen LogP contribution in [0.2, 0.25) is 0 Å². The van der Waals surface area contributed by atoms with E-state index >= 15 is 0 Å². The molecule has 23 heavy (non-hydrogen) atoms. The topological polar surface area (TPSA) is 92.6 Å². The number of carbonyl (C=O) groups is 2. The summed E-state index contributed by atoms with van der Waals surface area (Å²) in [5, 5.41) is 2.94. The summed E-state index contributed by atoms with van der Waals surface area (Å²) in [5.41, 5.74) is 5.41. The van der Waals surface area contributed by atoms with Gasteiger partial charge in [-0.15, -0.1) is 0 Å². The summed E-state index contributed by atoms with van der Waals surface area (Å²) in [5.74, 6) is 0.724. The Kier molecular flexibility index (Phi) is 6.05. The second kappa shape index (κ2) is 8.47. The van der Waals surface area contributed by atoms with E-state index in [2.05, 4.69) is 16.2 Å². The number of ether oxygens (including phenoxy) is 1. The van der Waals surface area contributed by atoms with Gasteiger partial charge in [0.25, 0.3) is 5.91 Å². The highest BCUT2D eigenvalue weighted by molar-refractivity contribution is 5.84. The smallest absolute Gasteiger partial charge is 0.257 e. The first-order valence-corrected chi connectivity index (χ1v) is 7.16. The molecule has 0 saturated carbocycles. The summed E-state index contributed by atoms with van der Waals surface area (Å²) in [6, 6.07) is 10.8. The molecule has 0 bridgehead atoms. The molecule has 0 fully saturated rings. The predicted octanol–water partition coefficient (Wildman–Crippen LogP) is 1.48. The van der Waals surface area contributed by atoms with Crippen LogP contribution in [0.3, 0.4) is 0 Å². The summed E-state index contributed by atoms with van der Waals surface area (Å²) >= 11 is 0. The Labute approximate surface area is 134 Å². The number of rotatable bonds is 7. The van der Waals surface area contributed by atoms with E-state index in [4.69, 9.17) is 9.15 Å². The zero-order valence-electron chi connectivity index (χ0n) is 12.8. The number of aryl methyl sites for hydroxylation is 1. The fourth-order valence-electron chi connectivity index (χ4n) is 1.90. The lowest BCUT2D eigenvalue weighted by Crippen LogP contribution is -2.44. The zero-order valence-corrected chi connectivity index (χ0v) is 12.8. The third kappa shape index (κ3) is 5.39. The van der Waals surface area contributed by atoms with Gasteiger partial charge in [-0.1, -0.05) is 12.1 Å². The second-order valence-corrected chi connectivity index (χ2v) is 4.73. The zero-order chi connectivity index (χ0) is 16.5. The van der Waals surface area contributed by atoms with Crippen LogP contribution in [0, 0.1) is 0 Å². The van der Waals surface area contributed by atoms with Crippen LogP contribution in [0.4, 0.5) is 5.69 Å². The molecular weight excluding hydrogens is 298 g/mol. The van der Waals surface area contributed by atoms with Crippen molar-refractivity contribution in [3.8, 4) is 5.75 Å². The molecular formula is C16H19N3O4. The maximum Gasteiger partial charge on any atom is 0.257 e. The van der Waals surface area contributed by atoms with E-state index in [1.165, 1.54) is 0 Å². The van der Waals surface area contributed by atoms with E-state index in [1.807, 2.05) is 12.1 Å². The minimum atomic E-state index is -0.359. The van der Waals surface area contributed by atoms with Crippen LogP contribution in [0.1, 0.15) is 12.2 Å². The van der Waals surface area contributed by atoms with Crippen LogP contribution in [0.15, 0.2) is 47.1 Å². The molecule has 0 aliphatic carbocycles. The van der Waals surface area contributed by atoms with Crippen molar-refractivity contribution in [2.24, 2.45) is 0 Å². The van der Waals surface area contributed by atoms with Gasteiger partial charge in [0.15, 0.2) is 0 Å². The number of methoxy groups -OCH3 is 1. The largest absolute Gasteiger partial charge is 0.495 e. The molecule has 7 nitrogen and oxygen atoms in total. The van der Waals surface area contributed by atoms with E-state index in [0.29, 0.717) is 17.9 Å². The van der Waals surface area contributed by atoms with E-state index < -0.39 is 0 Å². The van der Waals surface area contributed by atoms with E-state index in [1.54, 1.807) is 37.6 Å².